The van der Waals surface area contributed by atoms with E-state index in [1.807, 2.05) is 44.2 Å². The Balaban J connectivity index is 1.51. The van der Waals surface area contributed by atoms with Gasteiger partial charge in [0.05, 0.1) is 11.8 Å². The minimum Gasteiger partial charge on any atom is -0.352 e. The van der Waals surface area contributed by atoms with Crippen molar-refractivity contribution in [1.29, 1.82) is 0 Å². The van der Waals surface area contributed by atoms with E-state index in [0.717, 1.165) is 22.4 Å². The van der Waals surface area contributed by atoms with E-state index in [-0.39, 0.29) is 23.7 Å². The molecule has 2 N–H and O–H groups in total. The van der Waals surface area contributed by atoms with Crippen LogP contribution in [0.25, 0.3) is 0 Å². The van der Waals surface area contributed by atoms with E-state index in [1.54, 1.807) is 12.4 Å². The highest BCUT2D eigenvalue weighted by molar-refractivity contribution is 5.99. The molecular formula is C19H21N3O2. The van der Waals surface area contributed by atoms with Gasteiger partial charge in [-0.05, 0) is 43.5 Å². The Labute approximate surface area is 141 Å². The Morgan fingerprint density at radius 1 is 1.17 bits per heavy atom. The minimum atomic E-state index is -0.236. The Morgan fingerprint density at radius 3 is 2.67 bits per heavy atom. The van der Waals surface area contributed by atoms with Gasteiger partial charge in [-0.1, -0.05) is 23.8 Å². The fourth-order valence-corrected chi connectivity index (χ4v) is 2.78. The normalized spacial score (nSPS) is 18.8. The number of amides is 2. The number of carbonyl (C=O) groups is 2. The van der Waals surface area contributed by atoms with Crippen molar-refractivity contribution < 1.29 is 9.59 Å². The van der Waals surface area contributed by atoms with E-state index in [0.29, 0.717) is 13.0 Å². The molecule has 5 heteroatoms. The van der Waals surface area contributed by atoms with Crippen molar-refractivity contribution in [3.63, 3.8) is 0 Å². The van der Waals surface area contributed by atoms with E-state index in [1.165, 1.54) is 0 Å². The molecule has 1 aromatic carbocycles. The molecule has 1 aliphatic carbocycles. The third-order valence-electron chi connectivity index (χ3n) is 4.29. The van der Waals surface area contributed by atoms with Crippen LogP contribution in [0.15, 0.2) is 42.7 Å². The first kappa shape index (κ1) is 16.2. The van der Waals surface area contributed by atoms with E-state index in [2.05, 4.69) is 15.6 Å². The zero-order valence-corrected chi connectivity index (χ0v) is 13.9. The van der Waals surface area contributed by atoms with Gasteiger partial charge < -0.3 is 10.6 Å². The average Bonchev–Trinajstić information content (AvgIpc) is 3.37. The monoisotopic (exact) mass is 323 g/mol. The summed E-state index contributed by atoms with van der Waals surface area (Å²) in [7, 11) is 0. The lowest BCUT2D eigenvalue weighted by Gasteiger charge is -2.09. The van der Waals surface area contributed by atoms with Crippen molar-refractivity contribution in [1.82, 2.24) is 10.3 Å². The second-order valence-corrected chi connectivity index (χ2v) is 6.34. The molecule has 2 atom stereocenters. The quantitative estimate of drug-likeness (QED) is 0.888. The fourth-order valence-electron chi connectivity index (χ4n) is 2.78. The van der Waals surface area contributed by atoms with Gasteiger partial charge in [-0.3, -0.25) is 14.6 Å². The van der Waals surface area contributed by atoms with Gasteiger partial charge in [0.15, 0.2) is 0 Å². The highest BCUT2D eigenvalue weighted by atomic mass is 16.2. The summed E-state index contributed by atoms with van der Waals surface area (Å²) in [4.78, 5) is 28.5. The lowest BCUT2D eigenvalue weighted by atomic mass is 10.1. The SMILES string of the molecule is Cc1ccc(NC(=O)C2CC2C(=O)NCc2cccnc2)c(C)c1. The van der Waals surface area contributed by atoms with Crippen molar-refractivity contribution in [3.05, 3.63) is 59.4 Å². The maximum absolute atomic E-state index is 12.3. The lowest BCUT2D eigenvalue weighted by molar-refractivity contribution is -0.125. The van der Waals surface area contributed by atoms with Crippen LogP contribution in [0.1, 0.15) is 23.1 Å². The number of nitrogens with one attached hydrogen (secondary N) is 2. The average molecular weight is 323 g/mol. The molecule has 0 saturated heterocycles. The Kier molecular flexibility index (Phi) is 4.60. The summed E-state index contributed by atoms with van der Waals surface area (Å²) in [5.74, 6) is -0.616. The number of benzene rings is 1. The van der Waals surface area contributed by atoms with Gasteiger partial charge >= 0.3 is 0 Å². The van der Waals surface area contributed by atoms with Crippen LogP contribution in [0.2, 0.25) is 0 Å². The molecule has 2 aromatic rings. The zero-order valence-electron chi connectivity index (χ0n) is 13.9. The topological polar surface area (TPSA) is 71.1 Å². The molecule has 2 amide bonds. The van der Waals surface area contributed by atoms with Crippen molar-refractivity contribution in [2.45, 2.75) is 26.8 Å². The van der Waals surface area contributed by atoms with Crippen LogP contribution in [0.5, 0.6) is 0 Å². The summed E-state index contributed by atoms with van der Waals surface area (Å²) in [5.41, 5.74) is 3.95. The van der Waals surface area contributed by atoms with Crippen molar-refractivity contribution in [3.8, 4) is 0 Å². The van der Waals surface area contributed by atoms with Crippen LogP contribution in [0.3, 0.4) is 0 Å². The standard InChI is InChI=1S/C19H21N3O2/c1-12-5-6-17(13(2)8-12)22-19(24)16-9-15(16)18(23)21-11-14-4-3-7-20-10-14/h3-8,10,15-16H,9,11H2,1-2H3,(H,21,23)(H,22,24). The van der Waals surface area contributed by atoms with Crippen molar-refractivity contribution >= 4 is 17.5 Å². The fraction of sp³-hybridized carbons (Fsp3) is 0.316. The number of aromatic nitrogens is 1. The maximum Gasteiger partial charge on any atom is 0.228 e. The summed E-state index contributed by atoms with van der Waals surface area (Å²) in [6.45, 7) is 4.42. The minimum absolute atomic E-state index is 0.0698. The number of carbonyl (C=O) groups excluding carboxylic acids is 2. The van der Waals surface area contributed by atoms with E-state index >= 15 is 0 Å². The largest absolute Gasteiger partial charge is 0.352 e. The van der Waals surface area contributed by atoms with Crippen molar-refractivity contribution in [2.75, 3.05) is 5.32 Å². The Morgan fingerprint density at radius 2 is 1.96 bits per heavy atom. The van der Waals surface area contributed by atoms with E-state index in [9.17, 15) is 9.59 Å². The molecule has 1 aliphatic rings. The van der Waals surface area contributed by atoms with Crippen LogP contribution in [0.4, 0.5) is 5.69 Å². The molecular weight excluding hydrogens is 302 g/mol. The molecule has 0 aliphatic heterocycles. The summed E-state index contributed by atoms with van der Waals surface area (Å²) >= 11 is 0. The number of hydrogen-bond donors (Lipinski definition) is 2. The molecule has 0 radical (unpaired) electrons. The predicted octanol–water partition coefficient (Wildman–Crippen LogP) is 2.59. The summed E-state index contributed by atoms with van der Waals surface area (Å²) in [5, 5.41) is 5.80. The molecule has 24 heavy (non-hydrogen) atoms. The first-order chi connectivity index (χ1) is 11.5. The van der Waals surface area contributed by atoms with Gasteiger partial charge in [-0.2, -0.15) is 0 Å². The van der Waals surface area contributed by atoms with E-state index in [4.69, 9.17) is 0 Å². The van der Waals surface area contributed by atoms with Crippen LogP contribution in [-0.4, -0.2) is 16.8 Å². The second kappa shape index (κ2) is 6.83. The first-order valence-corrected chi connectivity index (χ1v) is 8.09. The van der Waals surface area contributed by atoms with Crippen LogP contribution in [-0.2, 0) is 16.1 Å². The predicted molar refractivity (Wildman–Crippen MR) is 92.2 cm³/mol. The van der Waals surface area contributed by atoms with Gasteiger partial charge in [0.25, 0.3) is 0 Å². The number of rotatable bonds is 5. The Hall–Kier alpha value is -2.69. The number of pyridine rings is 1. The molecule has 1 heterocycles. The third kappa shape index (κ3) is 3.79. The highest BCUT2D eigenvalue weighted by Crippen LogP contribution is 2.39. The summed E-state index contributed by atoms with van der Waals surface area (Å²) in [6.07, 6.45) is 4.02. The molecule has 0 spiro atoms. The molecule has 3 rings (SSSR count). The number of aryl methyl sites for hydroxylation is 2. The van der Waals surface area contributed by atoms with Gasteiger partial charge in [0, 0.05) is 24.6 Å². The van der Waals surface area contributed by atoms with Gasteiger partial charge in [0.1, 0.15) is 0 Å². The second-order valence-electron chi connectivity index (χ2n) is 6.34. The zero-order chi connectivity index (χ0) is 17.1. The summed E-state index contributed by atoms with van der Waals surface area (Å²) < 4.78 is 0. The smallest absolute Gasteiger partial charge is 0.228 e. The van der Waals surface area contributed by atoms with Crippen LogP contribution < -0.4 is 10.6 Å². The first-order valence-electron chi connectivity index (χ1n) is 8.09. The molecule has 5 nitrogen and oxygen atoms in total. The lowest BCUT2D eigenvalue weighted by Crippen LogP contribution is -2.27. The molecule has 1 saturated carbocycles. The number of anilines is 1. The van der Waals surface area contributed by atoms with Gasteiger partial charge in [-0.15, -0.1) is 0 Å². The molecule has 1 fully saturated rings. The molecule has 1 aromatic heterocycles. The molecule has 2 unspecified atom stereocenters. The highest BCUT2D eigenvalue weighted by Gasteiger charge is 2.47. The number of nitrogens with zero attached hydrogens (tertiary/aromatic N) is 1. The van der Waals surface area contributed by atoms with Crippen LogP contribution >= 0.6 is 0 Å². The van der Waals surface area contributed by atoms with E-state index < -0.39 is 0 Å². The molecule has 0 bridgehead atoms. The maximum atomic E-state index is 12.3. The van der Waals surface area contributed by atoms with Crippen molar-refractivity contribution in [2.24, 2.45) is 11.8 Å². The Bertz CT molecular complexity index is 758. The van der Waals surface area contributed by atoms with Gasteiger partial charge in [-0.25, -0.2) is 0 Å². The van der Waals surface area contributed by atoms with Crippen LogP contribution in [0, 0.1) is 25.7 Å². The number of hydrogen-bond acceptors (Lipinski definition) is 3. The summed E-state index contributed by atoms with van der Waals surface area (Å²) in [6, 6.07) is 9.64. The third-order valence-corrected chi connectivity index (χ3v) is 4.29. The molecule has 124 valence electrons. The van der Waals surface area contributed by atoms with Gasteiger partial charge in [0.2, 0.25) is 11.8 Å².